The summed E-state index contributed by atoms with van der Waals surface area (Å²) >= 11 is 0. The number of aliphatic hydroxyl groups excluding tert-OH is 2. The van der Waals surface area contributed by atoms with Crippen LogP contribution in [0.5, 0.6) is 0 Å². The lowest BCUT2D eigenvalue weighted by Crippen LogP contribution is -2.19. The second-order valence-corrected chi connectivity index (χ2v) is 3.09. The second-order valence-electron chi connectivity index (χ2n) is 3.09. The van der Waals surface area contributed by atoms with Crippen LogP contribution in [-0.4, -0.2) is 36.1 Å². The average molecular weight is 162 g/mol. The molecule has 0 aliphatic carbocycles. The van der Waals surface area contributed by atoms with E-state index in [1.54, 1.807) is 0 Å². The number of hydrogen-bond acceptors (Lipinski definition) is 3. The zero-order valence-corrected chi connectivity index (χ0v) is 7.29. The summed E-state index contributed by atoms with van der Waals surface area (Å²) in [6, 6.07) is 0. The largest absolute Gasteiger partial charge is 0.394 e. The first-order chi connectivity index (χ1) is 5.16. The lowest BCUT2D eigenvalue weighted by molar-refractivity contribution is 0.00360. The normalized spacial score (nSPS) is 13.9. The van der Waals surface area contributed by atoms with Gasteiger partial charge in [-0.1, -0.05) is 13.8 Å². The molecule has 11 heavy (non-hydrogen) atoms. The van der Waals surface area contributed by atoms with Crippen molar-refractivity contribution in [3.63, 3.8) is 0 Å². The minimum Gasteiger partial charge on any atom is -0.394 e. The highest BCUT2D eigenvalue weighted by Gasteiger charge is 2.01. The van der Waals surface area contributed by atoms with Crippen molar-refractivity contribution in [1.82, 2.24) is 0 Å². The van der Waals surface area contributed by atoms with Crippen molar-refractivity contribution in [2.24, 2.45) is 5.92 Å². The van der Waals surface area contributed by atoms with Crippen molar-refractivity contribution in [3.8, 4) is 0 Å². The Bertz CT molecular complexity index is 83.4. The van der Waals surface area contributed by atoms with E-state index in [0.29, 0.717) is 12.5 Å². The van der Waals surface area contributed by atoms with E-state index in [4.69, 9.17) is 14.9 Å². The molecule has 0 aromatic carbocycles. The predicted molar refractivity (Wildman–Crippen MR) is 43.4 cm³/mol. The molecule has 68 valence electrons. The van der Waals surface area contributed by atoms with E-state index in [-0.39, 0.29) is 13.2 Å². The monoisotopic (exact) mass is 162 g/mol. The Kier molecular flexibility index (Phi) is 6.51. The van der Waals surface area contributed by atoms with Crippen LogP contribution < -0.4 is 0 Å². The maximum absolute atomic E-state index is 8.85. The van der Waals surface area contributed by atoms with Crippen molar-refractivity contribution in [2.75, 3.05) is 19.8 Å². The molecular weight excluding hydrogens is 144 g/mol. The van der Waals surface area contributed by atoms with Crippen LogP contribution >= 0.6 is 0 Å². The molecule has 0 radical (unpaired) electrons. The van der Waals surface area contributed by atoms with Crippen LogP contribution in [0.1, 0.15) is 20.3 Å². The van der Waals surface area contributed by atoms with Crippen molar-refractivity contribution in [3.05, 3.63) is 0 Å². The lowest BCUT2D eigenvalue weighted by atomic mass is 10.1. The quantitative estimate of drug-likeness (QED) is 0.556. The molecule has 0 heterocycles. The van der Waals surface area contributed by atoms with Crippen LogP contribution in [0.15, 0.2) is 0 Å². The second kappa shape index (κ2) is 6.58. The Morgan fingerprint density at radius 2 is 2.00 bits per heavy atom. The summed E-state index contributed by atoms with van der Waals surface area (Å²) in [4.78, 5) is 0. The van der Waals surface area contributed by atoms with E-state index < -0.39 is 6.10 Å². The number of aliphatic hydroxyl groups is 2. The van der Waals surface area contributed by atoms with Crippen LogP contribution in [0, 0.1) is 5.92 Å². The van der Waals surface area contributed by atoms with Crippen LogP contribution in [0.3, 0.4) is 0 Å². The van der Waals surface area contributed by atoms with Crippen LogP contribution in [-0.2, 0) is 4.74 Å². The first kappa shape index (κ1) is 10.9. The Morgan fingerprint density at radius 1 is 1.36 bits per heavy atom. The molecule has 0 saturated heterocycles. The third-order valence-corrected chi connectivity index (χ3v) is 1.36. The molecule has 0 saturated carbocycles. The minimum absolute atomic E-state index is 0.221. The summed E-state index contributed by atoms with van der Waals surface area (Å²) in [5.74, 6) is 0.626. The van der Waals surface area contributed by atoms with Gasteiger partial charge >= 0.3 is 0 Å². The summed E-state index contributed by atoms with van der Waals surface area (Å²) in [5.41, 5.74) is 0. The van der Waals surface area contributed by atoms with Gasteiger partial charge in [0.25, 0.3) is 0 Å². The molecule has 3 heteroatoms. The molecular formula is C8H18O3. The molecule has 0 unspecified atom stereocenters. The molecule has 0 aromatic rings. The Morgan fingerprint density at radius 3 is 2.45 bits per heavy atom. The number of ether oxygens (including phenoxy) is 1. The lowest BCUT2D eigenvalue weighted by Gasteiger charge is -2.08. The molecule has 3 nitrogen and oxygen atoms in total. The van der Waals surface area contributed by atoms with Gasteiger partial charge < -0.3 is 14.9 Å². The molecule has 0 rings (SSSR count). The van der Waals surface area contributed by atoms with Crippen molar-refractivity contribution < 1.29 is 14.9 Å². The fourth-order valence-corrected chi connectivity index (χ4v) is 0.591. The van der Waals surface area contributed by atoms with E-state index in [9.17, 15) is 0 Å². The van der Waals surface area contributed by atoms with E-state index in [1.807, 2.05) is 0 Å². The Balaban J connectivity index is 3.01. The van der Waals surface area contributed by atoms with E-state index in [0.717, 1.165) is 6.42 Å². The van der Waals surface area contributed by atoms with Gasteiger partial charge in [0.15, 0.2) is 0 Å². The maximum atomic E-state index is 8.85. The van der Waals surface area contributed by atoms with Crippen molar-refractivity contribution in [2.45, 2.75) is 26.4 Å². The standard InChI is InChI=1S/C8H18O3/c1-7(2)3-4-11-6-8(10)5-9/h7-10H,3-6H2,1-2H3/t8-/m0/s1. The topological polar surface area (TPSA) is 49.7 Å². The minimum atomic E-state index is -0.720. The molecule has 0 aromatic heterocycles. The number of rotatable bonds is 6. The Labute approximate surface area is 68.0 Å². The highest BCUT2D eigenvalue weighted by Crippen LogP contribution is 1.98. The van der Waals surface area contributed by atoms with Gasteiger partial charge in [-0.3, -0.25) is 0 Å². The summed E-state index contributed by atoms with van der Waals surface area (Å²) < 4.78 is 5.09. The molecule has 0 aliphatic rings. The van der Waals surface area contributed by atoms with E-state index >= 15 is 0 Å². The van der Waals surface area contributed by atoms with Crippen molar-refractivity contribution >= 4 is 0 Å². The first-order valence-electron chi connectivity index (χ1n) is 4.03. The van der Waals surface area contributed by atoms with Crippen LogP contribution in [0.4, 0.5) is 0 Å². The van der Waals surface area contributed by atoms with Gasteiger partial charge in [0.1, 0.15) is 6.10 Å². The molecule has 0 fully saturated rings. The molecule has 2 N–H and O–H groups in total. The Hall–Kier alpha value is -0.120. The van der Waals surface area contributed by atoms with Gasteiger partial charge in [0.2, 0.25) is 0 Å². The number of hydrogen-bond donors (Lipinski definition) is 2. The zero-order valence-electron chi connectivity index (χ0n) is 7.29. The molecule has 0 amide bonds. The van der Waals surface area contributed by atoms with Gasteiger partial charge in [0, 0.05) is 6.61 Å². The van der Waals surface area contributed by atoms with Gasteiger partial charge in [-0.15, -0.1) is 0 Å². The van der Waals surface area contributed by atoms with Gasteiger partial charge in [-0.05, 0) is 12.3 Å². The zero-order chi connectivity index (χ0) is 8.69. The summed E-state index contributed by atoms with van der Waals surface area (Å²) in [6.45, 7) is 4.91. The SMILES string of the molecule is CC(C)CCOC[C@@H](O)CO. The highest BCUT2D eigenvalue weighted by molar-refractivity contribution is 4.49. The van der Waals surface area contributed by atoms with Gasteiger partial charge in [-0.2, -0.15) is 0 Å². The molecule has 0 spiro atoms. The predicted octanol–water partition coefficient (Wildman–Crippen LogP) is 0.402. The third kappa shape index (κ3) is 7.78. The fraction of sp³-hybridized carbons (Fsp3) is 1.00. The summed E-state index contributed by atoms with van der Waals surface area (Å²) in [5, 5.41) is 17.3. The summed E-state index contributed by atoms with van der Waals surface area (Å²) in [7, 11) is 0. The van der Waals surface area contributed by atoms with Crippen molar-refractivity contribution in [1.29, 1.82) is 0 Å². The van der Waals surface area contributed by atoms with Crippen LogP contribution in [0.2, 0.25) is 0 Å². The fourth-order valence-electron chi connectivity index (χ4n) is 0.591. The van der Waals surface area contributed by atoms with Gasteiger partial charge in [0.05, 0.1) is 13.2 Å². The smallest absolute Gasteiger partial charge is 0.100 e. The molecule has 0 aliphatic heterocycles. The van der Waals surface area contributed by atoms with Crippen LogP contribution in [0.25, 0.3) is 0 Å². The molecule has 0 bridgehead atoms. The first-order valence-corrected chi connectivity index (χ1v) is 4.03. The summed E-state index contributed by atoms with van der Waals surface area (Å²) in [6.07, 6.45) is 0.278. The van der Waals surface area contributed by atoms with E-state index in [1.165, 1.54) is 0 Å². The third-order valence-electron chi connectivity index (χ3n) is 1.36. The highest BCUT2D eigenvalue weighted by atomic mass is 16.5. The van der Waals surface area contributed by atoms with E-state index in [2.05, 4.69) is 13.8 Å². The van der Waals surface area contributed by atoms with Gasteiger partial charge in [-0.25, -0.2) is 0 Å². The maximum Gasteiger partial charge on any atom is 0.100 e. The molecule has 1 atom stereocenters. The average Bonchev–Trinajstić information content (AvgIpc) is 1.97.